The highest BCUT2D eigenvalue weighted by Crippen LogP contribution is 2.27. The van der Waals surface area contributed by atoms with Gasteiger partial charge in [-0.15, -0.1) is 0 Å². The van der Waals surface area contributed by atoms with E-state index in [0.29, 0.717) is 0 Å². The van der Waals surface area contributed by atoms with Crippen molar-refractivity contribution in [3.63, 3.8) is 0 Å². The topological polar surface area (TPSA) is 44.3 Å². The molecule has 2 rings (SSSR count). The second-order valence-electron chi connectivity index (χ2n) is 5.37. The van der Waals surface area contributed by atoms with E-state index in [1.54, 1.807) is 0 Å². The quantitative estimate of drug-likeness (QED) is 0.724. The molecule has 0 aliphatic carbocycles. The summed E-state index contributed by atoms with van der Waals surface area (Å²) in [5.74, 6) is 0. The number of hydrogen-bond acceptors (Lipinski definition) is 3. The third-order valence-electron chi connectivity index (χ3n) is 4.08. The van der Waals surface area contributed by atoms with Crippen molar-refractivity contribution >= 4 is 5.69 Å². The van der Waals surface area contributed by atoms with Gasteiger partial charge in [-0.1, -0.05) is 25.1 Å². The minimum atomic E-state index is 0.0239. The first-order chi connectivity index (χ1) is 8.68. The average Bonchev–Trinajstić information content (AvgIpc) is 2.85. The Morgan fingerprint density at radius 2 is 2.28 bits per heavy atom. The maximum atomic E-state index is 9.13. The van der Waals surface area contributed by atoms with Crippen LogP contribution in [0.15, 0.2) is 18.2 Å². The second kappa shape index (κ2) is 5.72. The number of nitrogens with one attached hydrogen (secondary N) is 2. The van der Waals surface area contributed by atoms with Gasteiger partial charge in [0.15, 0.2) is 0 Å². The van der Waals surface area contributed by atoms with Crippen molar-refractivity contribution in [2.45, 2.75) is 45.2 Å². The molecule has 0 saturated heterocycles. The van der Waals surface area contributed by atoms with Crippen LogP contribution in [0.5, 0.6) is 0 Å². The van der Waals surface area contributed by atoms with Gasteiger partial charge in [0.2, 0.25) is 0 Å². The summed E-state index contributed by atoms with van der Waals surface area (Å²) in [5.41, 5.74) is 4.10. The number of benzene rings is 1. The van der Waals surface area contributed by atoms with Crippen LogP contribution in [-0.4, -0.2) is 23.8 Å². The molecule has 0 bridgehead atoms. The van der Waals surface area contributed by atoms with Crippen LogP contribution in [0.1, 0.15) is 37.8 Å². The van der Waals surface area contributed by atoms with Gasteiger partial charge >= 0.3 is 0 Å². The lowest BCUT2D eigenvalue weighted by Crippen LogP contribution is -2.42. The van der Waals surface area contributed by atoms with Crippen LogP contribution in [-0.2, 0) is 13.0 Å². The van der Waals surface area contributed by atoms with Crippen LogP contribution in [0.3, 0.4) is 0 Å². The fourth-order valence-electron chi connectivity index (χ4n) is 2.50. The molecule has 1 aromatic rings. The van der Waals surface area contributed by atoms with Crippen molar-refractivity contribution in [2.75, 3.05) is 18.5 Å². The van der Waals surface area contributed by atoms with Crippen molar-refractivity contribution < 1.29 is 5.11 Å². The summed E-state index contributed by atoms with van der Waals surface area (Å²) in [6.45, 7) is 6.49. The Labute approximate surface area is 110 Å². The van der Waals surface area contributed by atoms with Gasteiger partial charge in [-0.2, -0.15) is 0 Å². The maximum Gasteiger partial charge on any atom is 0.0448 e. The van der Waals surface area contributed by atoms with Gasteiger partial charge in [-0.05, 0) is 37.3 Å². The molecule has 100 valence electrons. The van der Waals surface area contributed by atoms with E-state index in [9.17, 15) is 0 Å². The lowest BCUT2D eigenvalue weighted by atomic mass is 9.94. The lowest BCUT2D eigenvalue weighted by molar-refractivity contribution is 0.214. The SMILES string of the molecule is CCC(C)(CCO)NCc1cccc2c1NCC2. The maximum absolute atomic E-state index is 9.13. The molecule has 0 radical (unpaired) electrons. The van der Waals surface area contributed by atoms with Crippen LogP contribution in [0, 0.1) is 0 Å². The molecule has 0 fully saturated rings. The predicted octanol–water partition coefficient (Wildman–Crippen LogP) is 2.30. The molecule has 3 nitrogen and oxygen atoms in total. The Morgan fingerprint density at radius 3 is 3.00 bits per heavy atom. The molecule has 1 heterocycles. The van der Waals surface area contributed by atoms with E-state index in [1.807, 2.05) is 0 Å². The van der Waals surface area contributed by atoms with Crippen molar-refractivity contribution in [3.8, 4) is 0 Å². The Morgan fingerprint density at radius 1 is 1.44 bits per heavy atom. The summed E-state index contributed by atoms with van der Waals surface area (Å²) in [7, 11) is 0. The normalized spacial score (nSPS) is 17.1. The summed E-state index contributed by atoms with van der Waals surface area (Å²) in [6, 6.07) is 6.52. The highest BCUT2D eigenvalue weighted by molar-refractivity contribution is 5.61. The first-order valence-electron chi connectivity index (χ1n) is 6.89. The molecule has 0 aromatic heterocycles. The number of hydrogen-bond donors (Lipinski definition) is 3. The van der Waals surface area contributed by atoms with E-state index < -0.39 is 0 Å². The number of anilines is 1. The van der Waals surface area contributed by atoms with Crippen molar-refractivity contribution in [3.05, 3.63) is 29.3 Å². The van der Waals surface area contributed by atoms with E-state index in [2.05, 4.69) is 42.7 Å². The molecular weight excluding hydrogens is 224 g/mol. The van der Waals surface area contributed by atoms with E-state index >= 15 is 0 Å². The van der Waals surface area contributed by atoms with Crippen molar-refractivity contribution in [1.29, 1.82) is 0 Å². The summed E-state index contributed by atoms with van der Waals surface area (Å²) in [4.78, 5) is 0. The summed E-state index contributed by atoms with van der Waals surface area (Å²) >= 11 is 0. The molecule has 1 aromatic carbocycles. The van der Waals surface area contributed by atoms with Gasteiger partial charge in [-0.3, -0.25) is 0 Å². The number of rotatable bonds is 6. The number of para-hydroxylation sites is 1. The number of fused-ring (bicyclic) bond motifs is 1. The van der Waals surface area contributed by atoms with E-state index in [-0.39, 0.29) is 12.1 Å². The number of aliphatic hydroxyl groups is 1. The van der Waals surface area contributed by atoms with Crippen LogP contribution in [0.4, 0.5) is 5.69 Å². The van der Waals surface area contributed by atoms with Gasteiger partial charge in [0, 0.05) is 30.9 Å². The second-order valence-corrected chi connectivity index (χ2v) is 5.37. The standard InChI is InChI=1S/C15H24N2O/c1-3-15(2,8-10-18)17-11-13-6-4-5-12-7-9-16-14(12)13/h4-6,16-18H,3,7-11H2,1-2H3. The third-order valence-corrected chi connectivity index (χ3v) is 4.08. The first-order valence-corrected chi connectivity index (χ1v) is 6.89. The highest BCUT2D eigenvalue weighted by Gasteiger charge is 2.21. The molecule has 3 heteroatoms. The fraction of sp³-hybridized carbons (Fsp3) is 0.600. The molecule has 1 aliphatic rings. The van der Waals surface area contributed by atoms with Gasteiger partial charge in [0.1, 0.15) is 0 Å². The molecule has 1 atom stereocenters. The molecule has 3 N–H and O–H groups in total. The van der Waals surface area contributed by atoms with Gasteiger partial charge in [-0.25, -0.2) is 0 Å². The molecule has 0 saturated carbocycles. The smallest absolute Gasteiger partial charge is 0.0448 e. The van der Waals surface area contributed by atoms with Gasteiger partial charge in [0.25, 0.3) is 0 Å². The zero-order valence-corrected chi connectivity index (χ0v) is 11.4. The highest BCUT2D eigenvalue weighted by atomic mass is 16.3. The van der Waals surface area contributed by atoms with Crippen LogP contribution in [0.25, 0.3) is 0 Å². The zero-order valence-electron chi connectivity index (χ0n) is 11.4. The Balaban J connectivity index is 2.04. The monoisotopic (exact) mass is 248 g/mol. The zero-order chi connectivity index (χ0) is 13.0. The Bertz CT molecular complexity index is 405. The van der Waals surface area contributed by atoms with Crippen molar-refractivity contribution in [2.24, 2.45) is 0 Å². The van der Waals surface area contributed by atoms with E-state index in [4.69, 9.17) is 5.11 Å². The summed E-state index contributed by atoms with van der Waals surface area (Å²) < 4.78 is 0. The molecular formula is C15H24N2O. The Kier molecular flexibility index (Phi) is 4.25. The molecule has 1 aliphatic heterocycles. The minimum absolute atomic E-state index is 0.0239. The summed E-state index contributed by atoms with van der Waals surface area (Å²) in [6.07, 6.45) is 2.95. The van der Waals surface area contributed by atoms with E-state index in [1.165, 1.54) is 16.8 Å². The van der Waals surface area contributed by atoms with E-state index in [0.717, 1.165) is 32.4 Å². The fourth-order valence-corrected chi connectivity index (χ4v) is 2.50. The summed E-state index contributed by atoms with van der Waals surface area (Å²) in [5, 5.41) is 16.2. The molecule has 0 spiro atoms. The predicted molar refractivity (Wildman–Crippen MR) is 75.9 cm³/mol. The lowest BCUT2D eigenvalue weighted by Gasteiger charge is -2.29. The average molecular weight is 248 g/mol. The molecule has 0 amide bonds. The van der Waals surface area contributed by atoms with Gasteiger partial charge in [0.05, 0.1) is 0 Å². The van der Waals surface area contributed by atoms with Crippen molar-refractivity contribution in [1.82, 2.24) is 5.32 Å². The van der Waals surface area contributed by atoms with Gasteiger partial charge < -0.3 is 15.7 Å². The van der Waals surface area contributed by atoms with Crippen LogP contribution in [0.2, 0.25) is 0 Å². The molecule has 18 heavy (non-hydrogen) atoms. The first kappa shape index (κ1) is 13.4. The minimum Gasteiger partial charge on any atom is -0.396 e. The number of aliphatic hydroxyl groups excluding tert-OH is 1. The molecule has 1 unspecified atom stereocenters. The largest absolute Gasteiger partial charge is 0.396 e. The third kappa shape index (κ3) is 2.85. The van der Waals surface area contributed by atoms with Crippen LogP contribution >= 0.6 is 0 Å². The van der Waals surface area contributed by atoms with Crippen LogP contribution < -0.4 is 10.6 Å². The Hall–Kier alpha value is -1.06.